The third kappa shape index (κ3) is 6.90. The highest BCUT2D eigenvalue weighted by Crippen LogP contribution is 2.35. The zero-order valence-corrected chi connectivity index (χ0v) is 26.1. The Bertz CT molecular complexity index is 1830. The van der Waals surface area contributed by atoms with Gasteiger partial charge in [0.2, 0.25) is 5.91 Å². The molecule has 0 bridgehead atoms. The highest BCUT2D eigenvalue weighted by molar-refractivity contribution is 8.18. The second-order valence-corrected chi connectivity index (χ2v) is 14.2. The third-order valence-electron chi connectivity index (χ3n) is 8.04. The first-order chi connectivity index (χ1) is 21.4. The summed E-state index contributed by atoms with van der Waals surface area (Å²) in [5.41, 5.74) is 0.553. The molecule has 3 aliphatic rings. The fraction of sp³-hybridized carbons (Fsp3) is 0.379. The number of halogens is 4. The number of fused-ring (bicyclic) bond motifs is 1. The van der Waals surface area contributed by atoms with Crippen LogP contribution in [0.2, 0.25) is 5.02 Å². The van der Waals surface area contributed by atoms with Gasteiger partial charge in [-0.25, -0.2) is 4.72 Å². The van der Waals surface area contributed by atoms with Crippen LogP contribution in [-0.2, 0) is 32.5 Å². The second-order valence-electron chi connectivity index (χ2n) is 11.1. The number of likely N-dealkylation sites (tertiary alicyclic amines) is 1. The van der Waals surface area contributed by atoms with Gasteiger partial charge in [0, 0.05) is 42.5 Å². The Kier molecular flexibility index (Phi) is 8.71. The molecule has 0 atom stereocenters. The maximum absolute atomic E-state index is 13.6. The molecule has 0 spiro atoms. The summed E-state index contributed by atoms with van der Waals surface area (Å²) in [5.74, 6) is -1.36. The molecule has 0 unspecified atom stereocenters. The summed E-state index contributed by atoms with van der Waals surface area (Å²) in [4.78, 5) is 31.9. The quantitative estimate of drug-likeness (QED) is 0.369. The molecule has 1 aromatic heterocycles. The fourth-order valence-corrected chi connectivity index (χ4v) is 8.08. The number of alkyl halides is 3. The van der Waals surface area contributed by atoms with Crippen LogP contribution in [0.25, 0.3) is 17.0 Å². The van der Waals surface area contributed by atoms with E-state index in [1.165, 1.54) is 32.9 Å². The van der Waals surface area contributed by atoms with Crippen molar-refractivity contribution in [2.24, 2.45) is 10.9 Å². The maximum Gasteiger partial charge on any atom is 0.416 e. The molecule has 238 valence electrons. The molecule has 2 saturated heterocycles. The predicted octanol–water partition coefficient (Wildman–Crippen LogP) is 4.90. The molecule has 0 aliphatic carbocycles. The van der Waals surface area contributed by atoms with E-state index in [1.807, 2.05) is 4.90 Å². The van der Waals surface area contributed by atoms with Crippen molar-refractivity contribution in [2.75, 3.05) is 26.2 Å². The average Bonchev–Trinajstić information content (AvgIpc) is 3.75. The number of benzene rings is 2. The van der Waals surface area contributed by atoms with Crippen molar-refractivity contribution < 1.29 is 31.2 Å². The molecule has 4 heterocycles. The van der Waals surface area contributed by atoms with Gasteiger partial charge in [0.05, 0.1) is 28.7 Å². The zero-order valence-electron chi connectivity index (χ0n) is 23.8. The number of nitrogens with zero attached hydrogens (tertiary/aromatic N) is 5. The number of carbonyl (C=O) groups is 2. The van der Waals surface area contributed by atoms with Crippen LogP contribution in [0.5, 0.6) is 0 Å². The van der Waals surface area contributed by atoms with Crippen molar-refractivity contribution in [3.05, 3.63) is 69.2 Å². The van der Waals surface area contributed by atoms with Crippen molar-refractivity contribution in [3.63, 3.8) is 0 Å². The molecule has 2 fully saturated rings. The van der Waals surface area contributed by atoms with Gasteiger partial charge in [-0.3, -0.25) is 14.3 Å². The van der Waals surface area contributed by atoms with E-state index in [1.54, 1.807) is 30.5 Å². The lowest BCUT2D eigenvalue weighted by molar-refractivity contribution is -0.138. The van der Waals surface area contributed by atoms with Gasteiger partial charge in [-0.2, -0.15) is 36.0 Å². The summed E-state index contributed by atoms with van der Waals surface area (Å²) in [7, 11) is -3.83. The minimum atomic E-state index is -4.56. The summed E-state index contributed by atoms with van der Waals surface area (Å²) in [6.07, 6.45) is 1.11. The Hall–Kier alpha value is -3.40. The van der Waals surface area contributed by atoms with E-state index in [9.17, 15) is 31.2 Å². The van der Waals surface area contributed by atoms with Gasteiger partial charge < -0.3 is 4.90 Å². The summed E-state index contributed by atoms with van der Waals surface area (Å²) in [5, 5.41) is 5.49. The van der Waals surface area contributed by atoms with Crippen molar-refractivity contribution in [1.82, 2.24) is 23.7 Å². The molecule has 10 nitrogen and oxygen atoms in total. The van der Waals surface area contributed by atoms with Crippen LogP contribution < -0.4 is 4.72 Å². The Balaban J connectivity index is 1.08. The summed E-state index contributed by atoms with van der Waals surface area (Å²) >= 11 is 7.03. The van der Waals surface area contributed by atoms with Crippen LogP contribution >= 0.6 is 23.4 Å². The topological polar surface area (TPSA) is 117 Å². The molecule has 1 N–H and O–H groups in total. The van der Waals surface area contributed by atoms with Crippen LogP contribution in [0.1, 0.15) is 42.4 Å². The van der Waals surface area contributed by atoms with Gasteiger partial charge in [-0.05, 0) is 78.9 Å². The Morgan fingerprint density at radius 1 is 1.09 bits per heavy atom. The molecule has 3 aromatic rings. The van der Waals surface area contributed by atoms with Crippen molar-refractivity contribution >= 4 is 67.5 Å². The van der Waals surface area contributed by atoms with E-state index in [2.05, 4.69) is 14.8 Å². The number of amides is 2. The van der Waals surface area contributed by atoms with Crippen LogP contribution in [0.3, 0.4) is 0 Å². The Labute approximate surface area is 266 Å². The van der Waals surface area contributed by atoms with E-state index < -0.39 is 39.7 Å². The molecular weight excluding hydrogens is 653 g/mol. The van der Waals surface area contributed by atoms with E-state index in [-0.39, 0.29) is 17.1 Å². The fourth-order valence-electron chi connectivity index (χ4n) is 5.65. The number of amidine groups is 1. The highest BCUT2D eigenvalue weighted by atomic mass is 35.5. The number of piperidine rings is 1. The first-order valence-electron chi connectivity index (χ1n) is 14.3. The number of hydrogen-bond donors (Lipinski definition) is 1. The minimum absolute atomic E-state index is 0.00154. The van der Waals surface area contributed by atoms with Gasteiger partial charge in [0.1, 0.15) is 0 Å². The lowest BCUT2D eigenvalue weighted by atomic mass is 9.97. The number of rotatable bonds is 6. The Morgan fingerprint density at radius 3 is 2.53 bits per heavy atom. The van der Waals surface area contributed by atoms with E-state index in [0.717, 1.165) is 18.9 Å². The van der Waals surface area contributed by atoms with E-state index in [4.69, 9.17) is 11.6 Å². The van der Waals surface area contributed by atoms with Gasteiger partial charge >= 0.3 is 16.4 Å². The normalized spacial score (nSPS) is 19.6. The lowest BCUT2D eigenvalue weighted by Gasteiger charge is -2.32. The largest absolute Gasteiger partial charge is 0.416 e. The number of aromatic nitrogens is 2. The number of carbonyl (C=O) groups excluding carboxylic acids is 2. The van der Waals surface area contributed by atoms with Gasteiger partial charge in [0.15, 0.2) is 5.17 Å². The zero-order chi connectivity index (χ0) is 31.9. The molecule has 0 saturated carbocycles. The highest BCUT2D eigenvalue weighted by Gasteiger charge is 2.35. The van der Waals surface area contributed by atoms with E-state index in [0.29, 0.717) is 65.6 Å². The number of hydrogen-bond acceptors (Lipinski definition) is 7. The molecule has 16 heteroatoms. The van der Waals surface area contributed by atoms with Crippen molar-refractivity contribution in [2.45, 2.75) is 38.4 Å². The minimum Gasteiger partial charge on any atom is -0.351 e. The first-order valence-corrected chi connectivity index (χ1v) is 16.9. The predicted molar refractivity (Wildman–Crippen MR) is 165 cm³/mol. The molecule has 2 aromatic carbocycles. The SMILES string of the molecule is O=C1N=C(N2CCC(C(=O)NS(=O)(=O)N3CCCC3)CC2)SC1=Cc1ccc2c(cnn2Cc2ccc(Cl)cc2C(F)(F)F)c1. The van der Waals surface area contributed by atoms with Crippen LogP contribution in [0, 0.1) is 5.92 Å². The second kappa shape index (κ2) is 12.4. The van der Waals surface area contributed by atoms with Crippen LogP contribution in [-0.4, -0.2) is 70.6 Å². The van der Waals surface area contributed by atoms with Crippen LogP contribution in [0.4, 0.5) is 13.2 Å². The average molecular weight is 681 g/mol. The molecule has 3 aliphatic heterocycles. The van der Waals surface area contributed by atoms with Crippen molar-refractivity contribution in [3.8, 4) is 0 Å². The van der Waals surface area contributed by atoms with Gasteiger partial charge in [0.25, 0.3) is 5.91 Å². The number of nitrogens with one attached hydrogen (secondary N) is 1. The molecule has 45 heavy (non-hydrogen) atoms. The molecule has 6 rings (SSSR count). The third-order valence-corrected chi connectivity index (χ3v) is 10.8. The summed E-state index contributed by atoms with van der Waals surface area (Å²) in [6, 6.07) is 8.95. The number of aliphatic imine (C=N–C) groups is 1. The van der Waals surface area contributed by atoms with E-state index >= 15 is 0 Å². The molecule has 0 radical (unpaired) electrons. The standard InChI is InChI=1S/C29H28ClF3N6O4S2/c30-22-5-4-20(23(15-22)29(31,32)33)17-39-24-6-3-18(13-21(24)16-34-39)14-25-27(41)35-28(44-25)37-11-7-19(8-12-37)26(40)36-45(42,43)38-9-1-2-10-38/h3-6,13-16,19H,1-2,7-12,17H2,(H,36,40). The summed E-state index contributed by atoms with van der Waals surface area (Å²) < 4.78 is 70.6. The smallest absolute Gasteiger partial charge is 0.351 e. The monoisotopic (exact) mass is 680 g/mol. The number of thioether (sulfide) groups is 1. The summed E-state index contributed by atoms with van der Waals surface area (Å²) in [6.45, 7) is 1.62. The molecular formula is C29H28ClF3N6O4S2. The van der Waals surface area contributed by atoms with Crippen molar-refractivity contribution in [1.29, 1.82) is 0 Å². The lowest BCUT2D eigenvalue weighted by Crippen LogP contribution is -2.47. The maximum atomic E-state index is 13.6. The molecule has 2 amide bonds. The first kappa shape index (κ1) is 31.6. The van der Waals surface area contributed by atoms with Crippen LogP contribution in [0.15, 0.2) is 52.5 Å². The Morgan fingerprint density at radius 2 is 1.82 bits per heavy atom. The van der Waals surface area contributed by atoms with Gasteiger partial charge in [-0.1, -0.05) is 23.7 Å². The van der Waals surface area contributed by atoms with Gasteiger partial charge in [-0.15, -0.1) is 0 Å².